The van der Waals surface area contributed by atoms with Crippen molar-refractivity contribution in [1.29, 1.82) is 0 Å². The highest BCUT2D eigenvalue weighted by atomic mass is 35.5. The molecule has 1 atom stereocenters. The average Bonchev–Trinajstić information content (AvgIpc) is 3.37. The number of carbonyl (C=O) groups is 1. The molecule has 0 radical (unpaired) electrons. The maximum atomic E-state index is 12.9. The zero-order valence-electron chi connectivity index (χ0n) is 17.9. The first-order valence-corrected chi connectivity index (χ1v) is 11.2. The van der Waals surface area contributed by atoms with Gasteiger partial charge in [0.25, 0.3) is 0 Å². The Labute approximate surface area is 192 Å². The Morgan fingerprint density at radius 1 is 1.03 bits per heavy atom. The molecule has 5 nitrogen and oxygen atoms in total. The van der Waals surface area contributed by atoms with Crippen LogP contribution in [0.2, 0.25) is 5.02 Å². The highest BCUT2D eigenvalue weighted by Crippen LogP contribution is 2.34. The summed E-state index contributed by atoms with van der Waals surface area (Å²) < 4.78 is 7.73. The van der Waals surface area contributed by atoms with Crippen LogP contribution in [0, 0.1) is 0 Å². The molecule has 1 aromatic heterocycles. The lowest BCUT2D eigenvalue weighted by atomic mass is 10.1. The topological polar surface area (TPSA) is 47.4 Å². The molecule has 0 saturated carbocycles. The molecular weight excluding hydrogens is 422 g/mol. The Hall–Kier alpha value is -3.31. The van der Waals surface area contributed by atoms with Gasteiger partial charge in [-0.15, -0.1) is 0 Å². The number of aromatic nitrogens is 2. The van der Waals surface area contributed by atoms with Crippen molar-refractivity contribution in [1.82, 2.24) is 9.55 Å². The van der Waals surface area contributed by atoms with Crippen LogP contribution in [-0.2, 0) is 11.3 Å². The number of carbonyl (C=O) groups excluding carboxylic acids is 1. The monoisotopic (exact) mass is 445 g/mol. The molecule has 0 unspecified atom stereocenters. The summed E-state index contributed by atoms with van der Waals surface area (Å²) in [5.74, 6) is 1.84. The van der Waals surface area contributed by atoms with Gasteiger partial charge in [0.1, 0.15) is 11.6 Å². The third kappa shape index (κ3) is 3.84. The zero-order chi connectivity index (χ0) is 22.1. The first-order chi connectivity index (χ1) is 15.6. The minimum Gasteiger partial charge on any atom is -0.494 e. The molecule has 0 N–H and O–H groups in total. The van der Waals surface area contributed by atoms with E-state index in [2.05, 4.69) is 10.6 Å². The number of amides is 1. The molecule has 1 fully saturated rings. The molecule has 1 aliphatic rings. The van der Waals surface area contributed by atoms with E-state index >= 15 is 0 Å². The van der Waals surface area contributed by atoms with Gasteiger partial charge in [-0.1, -0.05) is 41.9 Å². The third-order valence-electron chi connectivity index (χ3n) is 5.92. The molecule has 1 saturated heterocycles. The number of hydrogen-bond donors (Lipinski definition) is 0. The fourth-order valence-corrected chi connectivity index (χ4v) is 4.58. The SMILES string of the molecule is CCOc1ccc(N2C[C@@H](c3nc4ccccc4n3Cc3ccccc3Cl)CC2=O)cc1. The first kappa shape index (κ1) is 20.6. The van der Waals surface area contributed by atoms with E-state index in [1.165, 1.54) is 0 Å². The lowest BCUT2D eigenvalue weighted by molar-refractivity contribution is -0.117. The van der Waals surface area contributed by atoms with Crippen molar-refractivity contribution >= 4 is 34.2 Å². The van der Waals surface area contributed by atoms with Gasteiger partial charge in [-0.25, -0.2) is 4.98 Å². The number of halogens is 1. The summed E-state index contributed by atoms with van der Waals surface area (Å²) in [4.78, 5) is 19.7. The molecule has 0 aliphatic carbocycles. The van der Waals surface area contributed by atoms with Crippen molar-refractivity contribution in [2.45, 2.75) is 25.8 Å². The van der Waals surface area contributed by atoms with Crippen LogP contribution in [0.3, 0.4) is 0 Å². The number of nitrogens with zero attached hydrogens (tertiary/aromatic N) is 3. The Balaban J connectivity index is 1.48. The third-order valence-corrected chi connectivity index (χ3v) is 6.29. The fourth-order valence-electron chi connectivity index (χ4n) is 4.39. The van der Waals surface area contributed by atoms with Gasteiger partial charge >= 0.3 is 0 Å². The van der Waals surface area contributed by atoms with Gasteiger partial charge in [-0.05, 0) is 55.0 Å². The van der Waals surface area contributed by atoms with E-state index in [1.54, 1.807) is 0 Å². The van der Waals surface area contributed by atoms with Gasteiger partial charge in [-0.2, -0.15) is 0 Å². The highest BCUT2D eigenvalue weighted by molar-refractivity contribution is 6.31. The van der Waals surface area contributed by atoms with Gasteiger partial charge < -0.3 is 14.2 Å². The van der Waals surface area contributed by atoms with Crippen LogP contribution >= 0.6 is 11.6 Å². The van der Waals surface area contributed by atoms with Gasteiger partial charge in [0, 0.05) is 29.6 Å². The van der Waals surface area contributed by atoms with Crippen LogP contribution < -0.4 is 9.64 Å². The molecular formula is C26H24ClN3O2. The number of fused-ring (bicyclic) bond motifs is 1. The number of para-hydroxylation sites is 2. The van der Waals surface area contributed by atoms with Crippen molar-refractivity contribution < 1.29 is 9.53 Å². The van der Waals surface area contributed by atoms with Crippen molar-refractivity contribution in [3.63, 3.8) is 0 Å². The fraction of sp³-hybridized carbons (Fsp3) is 0.231. The predicted molar refractivity (Wildman–Crippen MR) is 128 cm³/mol. The quantitative estimate of drug-likeness (QED) is 0.385. The van der Waals surface area contributed by atoms with E-state index in [-0.39, 0.29) is 11.8 Å². The Morgan fingerprint density at radius 3 is 2.56 bits per heavy atom. The molecule has 3 aromatic carbocycles. The molecule has 1 amide bonds. The van der Waals surface area contributed by atoms with Crippen LogP contribution in [0.4, 0.5) is 5.69 Å². The largest absolute Gasteiger partial charge is 0.494 e. The predicted octanol–water partition coefficient (Wildman–Crippen LogP) is 5.66. The van der Waals surface area contributed by atoms with E-state index in [0.29, 0.717) is 26.1 Å². The van der Waals surface area contributed by atoms with Crippen LogP contribution in [0.5, 0.6) is 5.75 Å². The summed E-state index contributed by atoms with van der Waals surface area (Å²) in [6.07, 6.45) is 0.430. The molecule has 4 aromatic rings. The molecule has 6 heteroatoms. The van der Waals surface area contributed by atoms with E-state index in [1.807, 2.05) is 78.6 Å². The summed E-state index contributed by atoms with van der Waals surface area (Å²) in [6, 6.07) is 23.7. The van der Waals surface area contributed by atoms with Crippen LogP contribution in [0.1, 0.15) is 30.7 Å². The summed E-state index contributed by atoms with van der Waals surface area (Å²) in [6.45, 7) is 3.78. The lowest BCUT2D eigenvalue weighted by Gasteiger charge is -2.18. The standard InChI is InChI=1S/C26H24ClN3O2/c1-2-32-21-13-11-20(12-14-21)29-17-19(15-25(29)31)26-28-23-9-5-6-10-24(23)30(26)16-18-7-3-4-8-22(18)27/h3-14,19H,2,15-17H2,1H3/t19-/m0/s1. The minimum absolute atomic E-state index is 0.00366. The van der Waals surface area contributed by atoms with Crippen molar-refractivity contribution in [3.05, 3.63) is 89.2 Å². The second kappa shape index (κ2) is 8.67. The van der Waals surface area contributed by atoms with Gasteiger partial charge in [0.15, 0.2) is 0 Å². The molecule has 0 spiro atoms. The van der Waals surface area contributed by atoms with Gasteiger partial charge in [0.2, 0.25) is 5.91 Å². The molecule has 1 aliphatic heterocycles. The van der Waals surface area contributed by atoms with E-state index in [4.69, 9.17) is 21.3 Å². The van der Waals surface area contributed by atoms with E-state index in [0.717, 1.165) is 38.9 Å². The molecule has 5 rings (SSSR count). The summed E-state index contributed by atoms with van der Waals surface area (Å²) in [5, 5.41) is 0.731. The molecule has 0 bridgehead atoms. The lowest BCUT2D eigenvalue weighted by Crippen LogP contribution is -2.24. The summed E-state index contributed by atoms with van der Waals surface area (Å²) >= 11 is 6.46. The number of hydrogen-bond acceptors (Lipinski definition) is 3. The Bertz CT molecular complexity index is 1270. The molecule has 32 heavy (non-hydrogen) atoms. The number of rotatable bonds is 6. The van der Waals surface area contributed by atoms with Crippen LogP contribution in [0.25, 0.3) is 11.0 Å². The van der Waals surface area contributed by atoms with Gasteiger partial charge in [0.05, 0.1) is 24.2 Å². The minimum atomic E-state index is 0.00366. The summed E-state index contributed by atoms with van der Waals surface area (Å²) in [7, 11) is 0. The first-order valence-electron chi connectivity index (χ1n) is 10.9. The Kier molecular flexibility index (Phi) is 5.58. The number of imidazole rings is 1. The smallest absolute Gasteiger partial charge is 0.227 e. The average molecular weight is 446 g/mol. The number of benzene rings is 3. The van der Waals surface area contributed by atoms with Crippen molar-refractivity contribution in [2.75, 3.05) is 18.1 Å². The van der Waals surface area contributed by atoms with Crippen LogP contribution in [0.15, 0.2) is 72.8 Å². The summed E-state index contributed by atoms with van der Waals surface area (Å²) in [5.41, 5.74) is 3.90. The van der Waals surface area contributed by atoms with Crippen LogP contribution in [-0.4, -0.2) is 28.6 Å². The molecule has 2 heterocycles. The number of anilines is 1. The zero-order valence-corrected chi connectivity index (χ0v) is 18.6. The highest BCUT2D eigenvalue weighted by Gasteiger charge is 2.35. The normalized spacial score (nSPS) is 16.1. The second-order valence-electron chi connectivity index (χ2n) is 7.97. The van der Waals surface area contributed by atoms with Crippen molar-refractivity contribution in [2.24, 2.45) is 0 Å². The van der Waals surface area contributed by atoms with Crippen molar-refractivity contribution in [3.8, 4) is 5.75 Å². The maximum Gasteiger partial charge on any atom is 0.227 e. The second-order valence-corrected chi connectivity index (χ2v) is 8.38. The maximum absolute atomic E-state index is 12.9. The Morgan fingerprint density at radius 2 is 1.78 bits per heavy atom. The molecule has 162 valence electrons. The van der Waals surface area contributed by atoms with E-state index < -0.39 is 0 Å². The number of ether oxygens (including phenoxy) is 1. The van der Waals surface area contributed by atoms with Gasteiger partial charge in [-0.3, -0.25) is 4.79 Å². The van der Waals surface area contributed by atoms with E-state index in [9.17, 15) is 4.79 Å².